The predicted octanol–water partition coefficient (Wildman–Crippen LogP) is 1.11. The number of hydrogen-bond donors (Lipinski definition) is 1. The van der Waals surface area contributed by atoms with E-state index in [4.69, 9.17) is 5.11 Å². The van der Waals surface area contributed by atoms with E-state index in [1.165, 1.54) is 0 Å². The highest BCUT2D eigenvalue weighted by molar-refractivity contribution is 5.97. The van der Waals surface area contributed by atoms with E-state index >= 15 is 0 Å². The van der Waals surface area contributed by atoms with Gasteiger partial charge in [0.1, 0.15) is 6.61 Å². The fourth-order valence-electron chi connectivity index (χ4n) is 2.67. The molecule has 1 aromatic carbocycles. The van der Waals surface area contributed by atoms with Crippen LogP contribution < -0.4 is 0 Å². The third-order valence-electron chi connectivity index (χ3n) is 3.80. The smallest absolute Gasteiger partial charge is 0.255 e. The lowest BCUT2D eigenvalue weighted by molar-refractivity contribution is 0.0533. The van der Waals surface area contributed by atoms with Gasteiger partial charge in [0.15, 0.2) is 0 Å². The second-order valence-corrected chi connectivity index (χ2v) is 5.62. The summed E-state index contributed by atoms with van der Waals surface area (Å²) in [5.74, 6) is 5.53. The Hall–Kier alpha value is -1.83. The van der Waals surface area contributed by atoms with E-state index in [1.807, 2.05) is 30.0 Å². The summed E-state index contributed by atoms with van der Waals surface area (Å²) in [4.78, 5) is 17.0. The third kappa shape index (κ3) is 3.63. The minimum absolute atomic E-state index is 0.0292. The molecule has 0 aromatic heterocycles. The van der Waals surface area contributed by atoms with Crippen LogP contribution in [0.25, 0.3) is 0 Å². The molecule has 4 nitrogen and oxygen atoms in total. The Labute approximate surface area is 126 Å². The van der Waals surface area contributed by atoms with Gasteiger partial charge in [0.05, 0.1) is 5.56 Å². The second-order valence-electron chi connectivity index (χ2n) is 5.62. The molecule has 1 N–H and O–H groups in total. The van der Waals surface area contributed by atoms with Crippen molar-refractivity contribution >= 4 is 5.91 Å². The van der Waals surface area contributed by atoms with Gasteiger partial charge in [-0.2, -0.15) is 0 Å². The number of benzene rings is 1. The first-order valence-corrected chi connectivity index (χ1v) is 7.23. The van der Waals surface area contributed by atoms with Crippen molar-refractivity contribution in [3.05, 3.63) is 34.9 Å². The molecule has 0 saturated carbocycles. The lowest BCUT2D eigenvalue weighted by Gasteiger charge is -2.38. The van der Waals surface area contributed by atoms with Crippen molar-refractivity contribution in [3.8, 4) is 11.8 Å². The van der Waals surface area contributed by atoms with Gasteiger partial charge in [-0.1, -0.05) is 23.5 Å². The number of rotatable bonds is 1. The van der Waals surface area contributed by atoms with Crippen LogP contribution in [0.1, 0.15) is 28.4 Å². The van der Waals surface area contributed by atoms with Crippen molar-refractivity contribution in [2.24, 2.45) is 0 Å². The van der Waals surface area contributed by atoms with Crippen molar-refractivity contribution in [1.82, 2.24) is 9.80 Å². The van der Waals surface area contributed by atoms with E-state index in [0.717, 1.165) is 25.2 Å². The Morgan fingerprint density at radius 1 is 1.43 bits per heavy atom. The highest BCUT2D eigenvalue weighted by atomic mass is 16.2. The van der Waals surface area contributed by atoms with E-state index in [9.17, 15) is 4.79 Å². The van der Waals surface area contributed by atoms with Crippen LogP contribution in [0.3, 0.4) is 0 Å². The van der Waals surface area contributed by atoms with Crippen molar-refractivity contribution < 1.29 is 9.90 Å². The number of aliphatic hydroxyl groups is 1. The van der Waals surface area contributed by atoms with Crippen molar-refractivity contribution in [2.45, 2.75) is 19.9 Å². The van der Waals surface area contributed by atoms with E-state index in [0.29, 0.717) is 11.1 Å². The van der Waals surface area contributed by atoms with Gasteiger partial charge < -0.3 is 14.9 Å². The zero-order chi connectivity index (χ0) is 15.4. The number of hydrogen-bond acceptors (Lipinski definition) is 3. The highest BCUT2D eigenvalue weighted by Gasteiger charge is 2.27. The maximum absolute atomic E-state index is 12.8. The molecule has 0 bridgehead atoms. The van der Waals surface area contributed by atoms with E-state index in [2.05, 4.69) is 30.7 Å². The molecule has 1 aliphatic rings. The van der Waals surface area contributed by atoms with E-state index in [-0.39, 0.29) is 18.6 Å². The Bertz CT molecular complexity index is 586. The summed E-state index contributed by atoms with van der Waals surface area (Å²) in [5, 5.41) is 8.86. The summed E-state index contributed by atoms with van der Waals surface area (Å²) in [7, 11) is 2.07. The fourth-order valence-corrected chi connectivity index (χ4v) is 2.67. The summed E-state index contributed by atoms with van der Waals surface area (Å²) in [5.41, 5.74) is 2.35. The maximum atomic E-state index is 12.8. The van der Waals surface area contributed by atoms with E-state index in [1.54, 1.807) is 0 Å². The number of amides is 1. The van der Waals surface area contributed by atoms with Crippen LogP contribution in [0.2, 0.25) is 0 Å². The summed E-state index contributed by atoms with van der Waals surface area (Å²) in [6, 6.07) is 5.86. The molecule has 1 saturated heterocycles. The molecule has 4 heteroatoms. The molecule has 1 fully saturated rings. The highest BCUT2D eigenvalue weighted by Crippen LogP contribution is 2.17. The van der Waals surface area contributed by atoms with Crippen LogP contribution in [0.15, 0.2) is 18.2 Å². The molecule has 0 aliphatic carbocycles. The Morgan fingerprint density at radius 2 is 2.19 bits per heavy atom. The van der Waals surface area contributed by atoms with Crippen LogP contribution >= 0.6 is 0 Å². The van der Waals surface area contributed by atoms with Crippen LogP contribution in [0.4, 0.5) is 0 Å². The molecule has 1 amide bonds. The molecule has 0 spiro atoms. The largest absolute Gasteiger partial charge is 0.384 e. The standard InChI is InChI=1S/C17H22N2O2/c1-13-6-7-15(5-4-10-20)16(11-13)17(21)19-9-8-18(3)12-14(19)2/h6-7,11,14,20H,8-10,12H2,1-3H3. The summed E-state index contributed by atoms with van der Waals surface area (Å²) in [6.07, 6.45) is 0. The normalized spacial score (nSPS) is 19.0. The molecule has 0 radical (unpaired) electrons. The quantitative estimate of drug-likeness (QED) is 0.787. The first kappa shape index (κ1) is 15.6. The van der Waals surface area contributed by atoms with Gasteiger partial charge in [0, 0.05) is 31.2 Å². The molecular formula is C17H22N2O2. The number of carbonyl (C=O) groups is 1. The average molecular weight is 286 g/mol. The monoisotopic (exact) mass is 286 g/mol. The van der Waals surface area contributed by atoms with Gasteiger partial charge in [-0.3, -0.25) is 4.79 Å². The Morgan fingerprint density at radius 3 is 2.86 bits per heavy atom. The number of likely N-dealkylation sites (N-methyl/N-ethyl adjacent to an activating group) is 1. The molecule has 21 heavy (non-hydrogen) atoms. The van der Waals surface area contributed by atoms with Gasteiger partial charge in [-0.15, -0.1) is 0 Å². The van der Waals surface area contributed by atoms with E-state index < -0.39 is 0 Å². The van der Waals surface area contributed by atoms with Crippen molar-refractivity contribution in [2.75, 3.05) is 33.3 Å². The first-order chi connectivity index (χ1) is 10.0. The Balaban J connectivity index is 2.32. The molecule has 2 rings (SSSR count). The lowest BCUT2D eigenvalue weighted by atomic mass is 10.0. The minimum atomic E-state index is -0.202. The van der Waals surface area contributed by atoms with Crippen LogP contribution in [-0.2, 0) is 0 Å². The third-order valence-corrected chi connectivity index (χ3v) is 3.80. The SMILES string of the molecule is Cc1ccc(C#CCO)c(C(=O)N2CCN(C)CC2C)c1. The maximum Gasteiger partial charge on any atom is 0.255 e. The predicted molar refractivity (Wildman–Crippen MR) is 83.1 cm³/mol. The zero-order valence-electron chi connectivity index (χ0n) is 12.9. The Kier molecular flexibility index (Phi) is 5.00. The molecule has 1 aromatic rings. The fraction of sp³-hybridized carbons (Fsp3) is 0.471. The van der Waals surface area contributed by atoms with Gasteiger partial charge >= 0.3 is 0 Å². The van der Waals surface area contributed by atoms with Crippen LogP contribution in [0.5, 0.6) is 0 Å². The molecular weight excluding hydrogens is 264 g/mol. The minimum Gasteiger partial charge on any atom is -0.384 e. The van der Waals surface area contributed by atoms with Crippen LogP contribution in [0, 0.1) is 18.8 Å². The molecule has 1 atom stereocenters. The number of carbonyl (C=O) groups excluding carboxylic acids is 1. The summed E-state index contributed by atoms with van der Waals surface area (Å²) >= 11 is 0. The van der Waals surface area contributed by atoms with Gasteiger partial charge in [-0.05, 0) is 33.0 Å². The first-order valence-electron chi connectivity index (χ1n) is 7.23. The summed E-state index contributed by atoms with van der Waals surface area (Å²) < 4.78 is 0. The molecule has 1 unspecified atom stereocenters. The van der Waals surface area contributed by atoms with Crippen molar-refractivity contribution in [3.63, 3.8) is 0 Å². The van der Waals surface area contributed by atoms with Crippen molar-refractivity contribution in [1.29, 1.82) is 0 Å². The lowest BCUT2D eigenvalue weighted by Crippen LogP contribution is -2.52. The number of nitrogens with zero attached hydrogens (tertiary/aromatic N) is 2. The van der Waals surface area contributed by atoms with Gasteiger partial charge in [0.25, 0.3) is 5.91 Å². The molecule has 1 aliphatic heterocycles. The number of aliphatic hydroxyl groups excluding tert-OH is 1. The summed E-state index contributed by atoms with van der Waals surface area (Å²) in [6.45, 7) is 6.34. The zero-order valence-corrected chi connectivity index (χ0v) is 12.9. The van der Waals surface area contributed by atoms with Gasteiger partial charge in [0.2, 0.25) is 0 Å². The van der Waals surface area contributed by atoms with Crippen LogP contribution in [-0.4, -0.2) is 60.1 Å². The van der Waals surface area contributed by atoms with Gasteiger partial charge in [-0.25, -0.2) is 0 Å². The topological polar surface area (TPSA) is 43.8 Å². The molecule has 1 heterocycles. The number of aryl methyl sites for hydroxylation is 1. The second kappa shape index (κ2) is 6.75. The molecule has 112 valence electrons. The number of piperazine rings is 1. The average Bonchev–Trinajstić information content (AvgIpc) is 2.45.